The van der Waals surface area contributed by atoms with Crippen LogP contribution in [0.2, 0.25) is 0 Å². The number of rotatable bonds is 6. The van der Waals surface area contributed by atoms with Crippen molar-refractivity contribution < 1.29 is 9.21 Å². The van der Waals surface area contributed by atoms with Crippen LogP contribution in [0.4, 0.5) is 5.82 Å². The minimum Gasteiger partial charge on any atom is -0.467 e. The summed E-state index contributed by atoms with van der Waals surface area (Å²) in [4.78, 5) is 22.7. The van der Waals surface area contributed by atoms with Gasteiger partial charge in [0.05, 0.1) is 23.8 Å². The van der Waals surface area contributed by atoms with Gasteiger partial charge in [-0.05, 0) is 56.4 Å². The lowest BCUT2D eigenvalue weighted by Gasteiger charge is -2.14. The van der Waals surface area contributed by atoms with E-state index in [4.69, 9.17) is 20.1 Å². The SMILES string of the molecule is Nc1c(C(=O)NCc2ccco2)c2nc3ccccc3nc2n1CCC1=CCCCC1. The van der Waals surface area contributed by atoms with Crippen LogP contribution in [-0.4, -0.2) is 20.4 Å². The van der Waals surface area contributed by atoms with Crippen molar-refractivity contribution in [1.82, 2.24) is 19.9 Å². The highest BCUT2D eigenvalue weighted by molar-refractivity contribution is 6.10. The molecule has 7 nitrogen and oxygen atoms in total. The highest BCUT2D eigenvalue weighted by Crippen LogP contribution is 2.29. The molecule has 3 aromatic heterocycles. The molecule has 1 aliphatic rings. The van der Waals surface area contributed by atoms with Crippen LogP contribution in [0.1, 0.15) is 48.2 Å². The van der Waals surface area contributed by atoms with Gasteiger partial charge in [-0.3, -0.25) is 4.79 Å². The Balaban J connectivity index is 1.54. The van der Waals surface area contributed by atoms with E-state index in [-0.39, 0.29) is 12.5 Å². The lowest BCUT2D eigenvalue weighted by molar-refractivity contribution is 0.0950. The number of nitrogens with zero attached hydrogens (tertiary/aromatic N) is 3. The van der Waals surface area contributed by atoms with Crippen LogP contribution >= 0.6 is 0 Å². The standard InChI is InChI=1S/C24H25N5O2/c25-22-20(24(30)26-15-17-9-6-14-31-17)21-23(28-19-11-5-4-10-18(19)27-21)29(22)13-12-16-7-2-1-3-8-16/h4-7,9-11,14H,1-3,8,12-13,15,25H2,(H,26,30). The fourth-order valence-corrected chi connectivity index (χ4v) is 4.22. The van der Waals surface area contributed by atoms with Crippen LogP contribution in [0.3, 0.4) is 0 Å². The van der Waals surface area contributed by atoms with Crippen molar-refractivity contribution >= 4 is 33.9 Å². The van der Waals surface area contributed by atoms with Crippen LogP contribution in [0.15, 0.2) is 58.7 Å². The minimum absolute atomic E-state index is 0.279. The molecule has 4 aromatic rings. The quantitative estimate of drug-likeness (QED) is 0.449. The van der Waals surface area contributed by atoms with Crippen molar-refractivity contribution in [2.45, 2.75) is 45.2 Å². The average Bonchev–Trinajstić information content (AvgIpc) is 3.41. The number of allylic oxidation sites excluding steroid dienone is 2. The third-order valence-corrected chi connectivity index (χ3v) is 5.86. The van der Waals surface area contributed by atoms with Gasteiger partial charge in [-0.1, -0.05) is 23.8 Å². The second kappa shape index (κ2) is 8.26. The highest BCUT2D eigenvalue weighted by atomic mass is 16.3. The summed E-state index contributed by atoms with van der Waals surface area (Å²) in [6.07, 6.45) is 9.58. The number of aryl methyl sites for hydroxylation is 1. The molecule has 1 amide bonds. The molecule has 3 N–H and O–H groups in total. The Hall–Kier alpha value is -3.61. The van der Waals surface area contributed by atoms with Gasteiger partial charge in [0.15, 0.2) is 5.65 Å². The molecular formula is C24H25N5O2. The molecule has 3 heterocycles. The number of aromatic nitrogens is 3. The summed E-state index contributed by atoms with van der Waals surface area (Å²) in [5.74, 6) is 0.800. The molecule has 0 unspecified atom stereocenters. The summed E-state index contributed by atoms with van der Waals surface area (Å²) in [5, 5.41) is 2.90. The van der Waals surface area contributed by atoms with Crippen molar-refractivity contribution in [2.24, 2.45) is 0 Å². The lowest BCUT2D eigenvalue weighted by Crippen LogP contribution is -2.23. The Labute approximate surface area is 180 Å². The maximum atomic E-state index is 13.1. The van der Waals surface area contributed by atoms with Gasteiger partial charge in [0.2, 0.25) is 0 Å². The molecule has 0 saturated carbocycles. The summed E-state index contributed by atoms with van der Waals surface area (Å²) in [5.41, 5.74) is 11.1. The summed E-state index contributed by atoms with van der Waals surface area (Å²) in [6.45, 7) is 0.957. The number of para-hydroxylation sites is 2. The van der Waals surface area contributed by atoms with Gasteiger partial charge in [0, 0.05) is 6.54 Å². The van der Waals surface area contributed by atoms with E-state index >= 15 is 0 Å². The molecule has 5 rings (SSSR count). The minimum atomic E-state index is -0.279. The molecule has 0 bridgehead atoms. The molecule has 7 heteroatoms. The third-order valence-electron chi connectivity index (χ3n) is 5.86. The van der Waals surface area contributed by atoms with E-state index in [1.807, 2.05) is 34.9 Å². The van der Waals surface area contributed by atoms with Gasteiger partial charge in [-0.25, -0.2) is 9.97 Å². The van der Waals surface area contributed by atoms with Crippen LogP contribution in [0.5, 0.6) is 0 Å². The largest absolute Gasteiger partial charge is 0.467 e. The molecule has 0 atom stereocenters. The van der Waals surface area contributed by atoms with Gasteiger partial charge in [-0.2, -0.15) is 0 Å². The molecule has 0 spiro atoms. The molecule has 31 heavy (non-hydrogen) atoms. The molecule has 1 aliphatic carbocycles. The Kier molecular flexibility index (Phi) is 5.16. The number of hydrogen-bond donors (Lipinski definition) is 2. The monoisotopic (exact) mass is 415 g/mol. The number of carbonyl (C=O) groups is 1. The van der Waals surface area contributed by atoms with Crippen molar-refractivity contribution in [2.75, 3.05) is 5.73 Å². The number of anilines is 1. The number of fused-ring (bicyclic) bond motifs is 2. The zero-order valence-corrected chi connectivity index (χ0v) is 17.3. The normalized spacial score (nSPS) is 14.1. The Morgan fingerprint density at radius 1 is 1.13 bits per heavy atom. The molecule has 1 aromatic carbocycles. The van der Waals surface area contributed by atoms with Crippen LogP contribution in [-0.2, 0) is 13.1 Å². The van der Waals surface area contributed by atoms with Crippen molar-refractivity contribution in [1.29, 1.82) is 0 Å². The number of furan rings is 1. The van der Waals surface area contributed by atoms with Crippen LogP contribution in [0.25, 0.3) is 22.2 Å². The molecule has 0 radical (unpaired) electrons. The smallest absolute Gasteiger partial charge is 0.257 e. The van der Waals surface area contributed by atoms with E-state index in [9.17, 15) is 4.79 Å². The maximum absolute atomic E-state index is 13.1. The highest BCUT2D eigenvalue weighted by Gasteiger charge is 2.24. The first-order valence-electron chi connectivity index (χ1n) is 10.7. The first kappa shape index (κ1) is 19.4. The zero-order chi connectivity index (χ0) is 21.2. The van der Waals surface area contributed by atoms with Gasteiger partial charge in [-0.15, -0.1) is 0 Å². The molecule has 158 valence electrons. The second-order valence-electron chi connectivity index (χ2n) is 7.92. The number of nitrogens with one attached hydrogen (secondary N) is 1. The molecular weight excluding hydrogens is 390 g/mol. The summed E-state index contributed by atoms with van der Waals surface area (Å²) >= 11 is 0. The van der Waals surface area contributed by atoms with Gasteiger partial charge in [0.1, 0.15) is 22.7 Å². The van der Waals surface area contributed by atoms with Crippen LogP contribution in [0, 0.1) is 0 Å². The summed E-state index contributed by atoms with van der Waals surface area (Å²) < 4.78 is 7.26. The first-order valence-corrected chi connectivity index (χ1v) is 10.7. The molecule has 0 fully saturated rings. The van der Waals surface area contributed by atoms with Crippen molar-refractivity contribution in [3.63, 3.8) is 0 Å². The van der Waals surface area contributed by atoms with E-state index in [1.165, 1.54) is 18.4 Å². The predicted octanol–water partition coefficient (Wildman–Crippen LogP) is 4.58. The van der Waals surface area contributed by atoms with E-state index in [2.05, 4.69) is 11.4 Å². The number of benzene rings is 1. The number of carbonyl (C=O) groups excluding carboxylic acids is 1. The molecule has 0 aliphatic heterocycles. The number of nitrogens with two attached hydrogens (primary N) is 1. The van der Waals surface area contributed by atoms with Gasteiger partial charge >= 0.3 is 0 Å². The van der Waals surface area contributed by atoms with Gasteiger partial charge < -0.3 is 20.0 Å². The van der Waals surface area contributed by atoms with Crippen LogP contribution < -0.4 is 11.1 Å². The number of amides is 1. The second-order valence-corrected chi connectivity index (χ2v) is 7.92. The van der Waals surface area contributed by atoms with E-state index < -0.39 is 0 Å². The van der Waals surface area contributed by atoms with E-state index in [0.29, 0.717) is 34.9 Å². The zero-order valence-electron chi connectivity index (χ0n) is 17.3. The summed E-state index contributed by atoms with van der Waals surface area (Å²) in [6, 6.07) is 11.3. The van der Waals surface area contributed by atoms with E-state index in [1.54, 1.807) is 12.3 Å². The van der Waals surface area contributed by atoms with Gasteiger partial charge in [0.25, 0.3) is 5.91 Å². The Morgan fingerprint density at radius 3 is 2.71 bits per heavy atom. The van der Waals surface area contributed by atoms with E-state index in [0.717, 1.165) is 30.3 Å². The summed E-state index contributed by atoms with van der Waals surface area (Å²) in [7, 11) is 0. The average molecular weight is 415 g/mol. The maximum Gasteiger partial charge on any atom is 0.257 e. The Morgan fingerprint density at radius 2 is 1.97 bits per heavy atom. The molecule has 0 saturated heterocycles. The Bertz CT molecular complexity index is 1270. The topological polar surface area (TPSA) is 99.0 Å². The number of nitrogen functional groups attached to an aromatic ring is 1. The first-order chi connectivity index (χ1) is 15.2. The van der Waals surface area contributed by atoms with Crippen molar-refractivity contribution in [3.05, 3.63) is 65.6 Å². The number of hydrogen-bond acceptors (Lipinski definition) is 5. The fourth-order valence-electron chi connectivity index (χ4n) is 4.22. The van der Waals surface area contributed by atoms with Crippen molar-refractivity contribution in [3.8, 4) is 0 Å². The third kappa shape index (κ3) is 3.79. The predicted molar refractivity (Wildman–Crippen MR) is 120 cm³/mol. The fraction of sp³-hybridized carbons (Fsp3) is 0.292. The lowest BCUT2D eigenvalue weighted by atomic mass is 9.97.